The summed E-state index contributed by atoms with van der Waals surface area (Å²) in [5, 5.41) is 0. The number of benzene rings is 1. The lowest BCUT2D eigenvalue weighted by atomic mass is 9.98. The monoisotopic (exact) mass is 409 g/mol. The van der Waals surface area contributed by atoms with E-state index in [2.05, 4.69) is 9.97 Å². The van der Waals surface area contributed by atoms with Crippen LogP contribution in [0.1, 0.15) is 51.0 Å². The molecule has 1 heterocycles. The maximum Gasteiger partial charge on any atom is 0.423 e. The highest BCUT2D eigenvalue weighted by atomic mass is 19.4. The van der Waals surface area contributed by atoms with Gasteiger partial charge in [-0.15, -0.1) is 0 Å². The number of anilines is 2. The van der Waals surface area contributed by atoms with Crippen molar-refractivity contribution in [1.29, 1.82) is 0 Å². The summed E-state index contributed by atoms with van der Waals surface area (Å²) in [5.74, 6) is 0.333. The highest BCUT2D eigenvalue weighted by molar-refractivity contribution is 5.65. The average molecular weight is 409 g/mol. The van der Waals surface area contributed by atoms with Crippen LogP contribution in [-0.2, 0) is 6.18 Å². The Kier molecular flexibility index (Phi) is 6.82. The van der Waals surface area contributed by atoms with E-state index in [0.29, 0.717) is 18.0 Å². The van der Waals surface area contributed by atoms with Crippen LogP contribution in [0.25, 0.3) is 0 Å². The van der Waals surface area contributed by atoms with Crippen LogP contribution in [0.5, 0.6) is 11.6 Å². The molecule has 0 bridgehead atoms. The van der Waals surface area contributed by atoms with Gasteiger partial charge < -0.3 is 14.4 Å². The molecule has 1 aromatic heterocycles. The molecule has 0 N–H and O–H groups in total. The van der Waals surface area contributed by atoms with Gasteiger partial charge in [-0.3, -0.25) is 0 Å². The molecule has 1 fully saturated rings. The molecule has 1 aliphatic carbocycles. The van der Waals surface area contributed by atoms with Gasteiger partial charge in [0.25, 0.3) is 0 Å². The summed E-state index contributed by atoms with van der Waals surface area (Å²) in [4.78, 5) is 9.71. The maximum atomic E-state index is 13.5. The second kappa shape index (κ2) is 9.33. The summed E-state index contributed by atoms with van der Waals surface area (Å²) in [6.45, 7) is 2.54. The lowest BCUT2D eigenvalue weighted by molar-refractivity contribution is -0.140. The van der Waals surface area contributed by atoms with Crippen LogP contribution in [-0.4, -0.2) is 29.7 Å². The third kappa shape index (κ3) is 5.31. The maximum absolute atomic E-state index is 13.5. The number of halogens is 3. The first-order valence-corrected chi connectivity index (χ1v) is 9.96. The number of alkyl halides is 3. The van der Waals surface area contributed by atoms with Crippen molar-refractivity contribution in [3.63, 3.8) is 0 Å². The summed E-state index contributed by atoms with van der Waals surface area (Å²) in [6.07, 6.45) is 1.26. The summed E-state index contributed by atoms with van der Waals surface area (Å²) in [6, 6.07) is 7.29. The zero-order chi connectivity index (χ0) is 20.9. The fourth-order valence-electron chi connectivity index (χ4n) is 3.32. The van der Waals surface area contributed by atoms with Crippen LogP contribution >= 0.6 is 0 Å². The Morgan fingerprint density at radius 2 is 1.86 bits per heavy atom. The first kappa shape index (κ1) is 21.2. The molecule has 1 aromatic carbocycles. The molecule has 0 aliphatic heterocycles. The number of nitrogens with zero attached hydrogens (tertiary/aromatic N) is 3. The topological polar surface area (TPSA) is 47.5 Å². The van der Waals surface area contributed by atoms with Gasteiger partial charge in [0.2, 0.25) is 11.8 Å². The Bertz CT molecular complexity index is 808. The van der Waals surface area contributed by atoms with Crippen molar-refractivity contribution in [1.82, 2.24) is 9.97 Å². The fourth-order valence-corrected chi connectivity index (χ4v) is 3.32. The lowest BCUT2D eigenvalue weighted by Crippen LogP contribution is -2.24. The highest BCUT2D eigenvalue weighted by Gasteiger charge is 2.37. The zero-order valence-electron chi connectivity index (χ0n) is 16.7. The van der Waals surface area contributed by atoms with Gasteiger partial charge in [-0.2, -0.15) is 18.2 Å². The minimum atomic E-state index is -4.58. The van der Waals surface area contributed by atoms with Crippen LogP contribution in [0.2, 0.25) is 0 Å². The molecule has 158 valence electrons. The van der Waals surface area contributed by atoms with Gasteiger partial charge in [-0.1, -0.05) is 25.5 Å². The Balaban J connectivity index is 1.92. The Morgan fingerprint density at radius 3 is 2.55 bits per heavy atom. The van der Waals surface area contributed by atoms with Crippen LogP contribution in [0.15, 0.2) is 30.5 Å². The van der Waals surface area contributed by atoms with Crippen LogP contribution in [0, 0.1) is 0 Å². The van der Waals surface area contributed by atoms with Gasteiger partial charge in [0, 0.05) is 13.2 Å². The van der Waals surface area contributed by atoms with E-state index in [1.807, 2.05) is 31.2 Å². The van der Waals surface area contributed by atoms with Crippen molar-refractivity contribution in [2.75, 3.05) is 18.6 Å². The summed E-state index contributed by atoms with van der Waals surface area (Å²) < 4.78 is 51.9. The summed E-state index contributed by atoms with van der Waals surface area (Å²) >= 11 is 0. The van der Waals surface area contributed by atoms with E-state index in [1.165, 1.54) is 0 Å². The van der Waals surface area contributed by atoms with E-state index < -0.39 is 17.6 Å². The minimum absolute atomic E-state index is 0.122. The molecule has 0 unspecified atom stereocenters. The van der Waals surface area contributed by atoms with E-state index in [0.717, 1.165) is 44.7 Å². The lowest BCUT2D eigenvalue weighted by Gasteiger charge is -2.25. The normalized spacial score (nSPS) is 15.2. The van der Waals surface area contributed by atoms with Gasteiger partial charge in [0.1, 0.15) is 17.4 Å². The molecular weight excluding hydrogens is 383 g/mol. The first-order chi connectivity index (χ1) is 13.9. The van der Waals surface area contributed by atoms with E-state index in [1.54, 1.807) is 11.9 Å². The second-order valence-corrected chi connectivity index (χ2v) is 7.14. The van der Waals surface area contributed by atoms with E-state index in [4.69, 9.17) is 9.47 Å². The average Bonchev–Trinajstić information content (AvgIpc) is 2.72. The number of hydrogen-bond donors (Lipinski definition) is 0. The van der Waals surface area contributed by atoms with Crippen molar-refractivity contribution >= 4 is 11.6 Å². The Morgan fingerprint density at radius 1 is 1.14 bits per heavy atom. The molecule has 2 aromatic rings. The second-order valence-electron chi connectivity index (χ2n) is 7.14. The first-order valence-electron chi connectivity index (χ1n) is 9.96. The predicted octanol–water partition coefficient (Wildman–Crippen LogP) is 5.76. The van der Waals surface area contributed by atoms with Crippen LogP contribution in [0.4, 0.5) is 24.8 Å². The van der Waals surface area contributed by atoms with Gasteiger partial charge in [-0.05, 0) is 44.2 Å². The van der Waals surface area contributed by atoms with Crippen molar-refractivity contribution in [2.24, 2.45) is 0 Å². The fraction of sp³-hybridized carbons (Fsp3) is 0.524. The predicted molar refractivity (Wildman–Crippen MR) is 105 cm³/mol. The number of rotatable bonds is 7. The van der Waals surface area contributed by atoms with Gasteiger partial charge >= 0.3 is 6.18 Å². The Hall–Kier alpha value is -2.51. The highest BCUT2D eigenvalue weighted by Crippen LogP contribution is 2.38. The standard InChI is InChI=1S/C21H26F3N3O2/c1-3-13-28-18-12-8-7-11-17(18)27(2)20-25-14-16(21(22,23)24)19(26-20)29-15-9-5-4-6-10-15/h7-8,11-12,14-15H,3-6,9-10,13H2,1-2H3. The van der Waals surface area contributed by atoms with Crippen LogP contribution < -0.4 is 14.4 Å². The smallest absolute Gasteiger partial charge is 0.423 e. The Labute approximate surface area is 168 Å². The molecular formula is C21H26F3N3O2. The molecule has 0 atom stereocenters. The molecule has 29 heavy (non-hydrogen) atoms. The van der Waals surface area contributed by atoms with Crippen molar-refractivity contribution in [2.45, 2.75) is 57.7 Å². The molecule has 5 nitrogen and oxygen atoms in total. The molecule has 0 radical (unpaired) electrons. The molecule has 3 rings (SSSR count). The van der Waals surface area contributed by atoms with E-state index in [-0.39, 0.29) is 12.1 Å². The van der Waals surface area contributed by atoms with E-state index >= 15 is 0 Å². The molecule has 0 amide bonds. The number of aromatic nitrogens is 2. The molecule has 8 heteroatoms. The van der Waals surface area contributed by atoms with Crippen molar-refractivity contribution in [3.05, 3.63) is 36.0 Å². The van der Waals surface area contributed by atoms with Gasteiger partial charge in [0.15, 0.2) is 0 Å². The van der Waals surface area contributed by atoms with Gasteiger partial charge in [0.05, 0.1) is 12.3 Å². The van der Waals surface area contributed by atoms with Gasteiger partial charge in [-0.25, -0.2) is 4.98 Å². The summed E-state index contributed by atoms with van der Waals surface area (Å²) in [5.41, 5.74) is -0.278. The SMILES string of the molecule is CCCOc1ccccc1N(C)c1ncc(C(F)(F)F)c(OC2CCCCC2)n1. The third-order valence-electron chi connectivity index (χ3n) is 4.87. The molecule has 1 aliphatic rings. The molecule has 0 saturated heterocycles. The minimum Gasteiger partial charge on any atom is -0.491 e. The number of para-hydroxylation sites is 2. The number of ether oxygens (including phenoxy) is 2. The molecule has 0 spiro atoms. The zero-order valence-corrected chi connectivity index (χ0v) is 16.7. The van der Waals surface area contributed by atoms with E-state index in [9.17, 15) is 13.2 Å². The number of hydrogen-bond acceptors (Lipinski definition) is 5. The van der Waals surface area contributed by atoms with Crippen LogP contribution in [0.3, 0.4) is 0 Å². The quantitative estimate of drug-likeness (QED) is 0.582. The molecule has 1 saturated carbocycles. The third-order valence-corrected chi connectivity index (χ3v) is 4.87. The van der Waals surface area contributed by atoms with Crippen molar-refractivity contribution < 1.29 is 22.6 Å². The largest absolute Gasteiger partial charge is 0.491 e. The summed E-state index contributed by atoms with van der Waals surface area (Å²) in [7, 11) is 1.70. The van der Waals surface area contributed by atoms with Crippen molar-refractivity contribution in [3.8, 4) is 11.6 Å².